The lowest BCUT2D eigenvalue weighted by molar-refractivity contribution is 0.173. The summed E-state index contributed by atoms with van der Waals surface area (Å²) >= 11 is 6.23. The first-order valence-corrected chi connectivity index (χ1v) is 7.08. The Bertz CT molecular complexity index is 625. The molecule has 2 rings (SSSR count). The van der Waals surface area contributed by atoms with Gasteiger partial charge in [0.05, 0.1) is 20.3 Å². The molecule has 112 valence electrons. The van der Waals surface area contributed by atoms with E-state index in [0.717, 1.165) is 11.1 Å². The summed E-state index contributed by atoms with van der Waals surface area (Å²) in [6.07, 6.45) is -0.293. The molecule has 3 nitrogen and oxygen atoms in total. The molecule has 21 heavy (non-hydrogen) atoms. The standard InChI is InChI=1S/C17H19ClO3/c1-11-7-8-12(14(18)9-11)10-15(19)13-5-4-6-16(20-2)17(13)21-3/h4-9,15,19H,10H2,1-3H3. The van der Waals surface area contributed by atoms with E-state index in [0.29, 0.717) is 28.5 Å². The molecule has 0 aliphatic rings. The van der Waals surface area contributed by atoms with Crippen molar-refractivity contribution in [3.8, 4) is 11.5 Å². The molecular formula is C17H19ClO3. The molecule has 2 aromatic carbocycles. The van der Waals surface area contributed by atoms with Gasteiger partial charge in [-0.15, -0.1) is 0 Å². The van der Waals surface area contributed by atoms with Crippen molar-refractivity contribution < 1.29 is 14.6 Å². The summed E-state index contributed by atoms with van der Waals surface area (Å²) in [6, 6.07) is 11.3. The van der Waals surface area contributed by atoms with E-state index < -0.39 is 6.10 Å². The molecule has 0 saturated heterocycles. The van der Waals surface area contributed by atoms with Gasteiger partial charge in [0.1, 0.15) is 0 Å². The third-order valence-corrected chi connectivity index (χ3v) is 3.77. The van der Waals surface area contributed by atoms with E-state index in [9.17, 15) is 5.11 Å². The van der Waals surface area contributed by atoms with Gasteiger partial charge in [0.15, 0.2) is 11.5 Å². The quantitative estimate of drug-likeness (QED) is 0.909. The van der Waals surface area contributed by atoms with Crippen LogP contribution in [0.25, 0.3) is 0 Å². The number of aliphatic hydroxyl groups is 1. The normalized spacial score (nSPS) is 12.0. The predicted octanol–water partition coefficient (Wildman–Crippen LogP) is 3.94. The molecule has 0 aliphatic carbocycles. The molecule has 0 aromatic heterocycles. The maximum Gasteiger partial charge on any atom is 0.166 e. The minimum Gasteiger partial charge on any atom is -0.493 e. The molecule has 4 heteroatoms. The summed E-state index contributed by atoms with van der Waals surface area (Å²) in [6.45, 7) is 1.98. The predicted molar refractivity (Wildman–Crippen MR) is 84.4 cm³/mol. The number of ether oxygens (including phenoxy) is 2. The van der Waals surface area contributed by atoms with Crippen LogP contribution in [0, 0.1) is 6.92 Å². The monoisotopic (exact) mass is 306 g/mol. The van der Waals surface area contributed by atoms with Crippen LogP contribution < -0.4 is 9.47 Å². The molecule has 0 radical (unpaired) electrons. The summed E-state index contributed by atoms with van der Waals surface area (Å²) in [5.41, 5.74) is 2.69. The molecule has 0 amide bonds. The number of para-hydroxylation sites is 1. The van der Waals surface area contributed by atoms with Gasteiger partial charge in [-0.25, -0.2) is 0 Å². The Labute approximate surface area is 130 Å². The summed E-state index contributed by atoms with van der Waals surface area (Å²) < 4.78 is 10.6. The molecule has 0 heterocycles. The van der Waals surface area contributed by atoms with E-state index in [-0.39, 0.29) is 0 Å². The zero-order chi connectivity index (χ0) is 15.4. The number of hydrogen-bond donors (Lipinski definition) is 1. The van der Waals surface area contributed by atoms with Crippen molar-refractivity contribution in [2.75, 3.05) is 14.2 Å². The Hall–Kier alpha value is -1.71. The Kier molecular flexibility index (Phi) is 5.10. The average molecular weight is 307 g/mol. The average Bonchev–Trinajstić information content (AvgIpc) is 2.49. The fraction of sp³-hybridized carbons (Fsp3) is 0.294. The SMILES string of the molecule is COc1cccc(C(O)Cc2ccc(C)cc2Cl)c1OC. The Morgan fingerprint density at radius 3 is 2.52 bits per heavy atom. The van der Waals surface area contributed by atoms with E-state index in [1.54, 1.807) is 20.3 Å². The largest absolute Gasteiger partial charge is 0.493 e. The van der Waals surface area contributed by atoms with Gasteiger partial charge in [0, 0.05) is 17.0 Å². The zero-order valence-corrected chi connectivity index (χ0v) is 13.1. The number of aryl methyl sites for hydroxylation is 1. The summed E-state index contributed by atoms with van der Waals surface area (Å²) in [7, 11) is 3.14. The second kappa shape index (κ2) is 6.83. The van der Waals surface area contributed by atoms with Crippen LogP contribution in [0.1, 0.15) is 22.8 Å². The van der Waals surface area contributed by atoms with Gasteiger partial charge in [-0.05, 0) is 30.2 Å². The minimum atomic E-state index is -0.713. The number of benzene rings is 2. The van der Waals surface area contributed by atoms with Crippen molar-refractivity contribution in [3.05, 3.63) is 58.1 Å². The minimum absolute atomic E-state index is 0.419. The lowest BCUT2D eigenvalue weighted by Crippen LogP contribution is -2.05. The van der Waals surface area contributed by atoms with E-state index in [1.165, 1.54) is 0 Å². The van der Waals surface area contributed by atoms with Gasteiger partial charge < -0.3 is 14.6 Å². The van der Waals surface area contributed by atoms with Crippen molar-refractivity contribution in [2.45, 2.75) is 19.4 Å². The molecule has 0 aliphatic heterocycles. The number of methoxy groups -OCH3 is 2. The molecule has 0 fully saturated rings. The van der Waals surface area contributed by atoms with Crippen LogP contribution in [-0.4, -0.2) is 19.3 Å². The second-order valence-electron chi connectivity index (χ2n) is 4.90. The summed E-state index contributed by atoms with van der Waals surface area (Å²) in [5, 5.41) is 11.2. The van der Waals surface area contributed by atoms with E-state index in [2.05, 4.69) is 0 Å². The zero-order valence-electron chi connectivity index (χ0n) is 12.4. The van der Waals surface area contributed by atoms with Crippen LogP contribution in [0.4, 0.5) is 0 Å². The van der Waals surface area contributed by atoms with Crippen LogP contribution in [0.15, 0.2) is 36.4 Å². The highest BCUT2D eigenvalue weighted by atomic mass is 35.5. The number of rotatable bonds is 5. The first-order valence-electron chi connectivity index (χ1n) is 6.70. The van der Waals surface area contributed by atoms with Crippen LogP contribution in [0.5, 0.6) is 11.5 Å². The highest BCUT2D eigenvalue weighted by molar-refractivity contribution is 6.31. The van der Waals surface area contributed by atoms with Gasteiger partial charge in [-0.1, -0.05) is 35.9 Å². The maximum absolute atomic E-state index is 10.5. The molecule has 0 saturated carbocycles. The number of hydrogen-bond acceptors (Lipinski definition) is 3. The lowest BCUT2D eigenvalue weighted by Gasteiger charge is -2.17. The van der Waals surface area contributed by atoms with Crippen molar-refractivity contribution in [3.63, 3.8) is 0 Å². The van der Waals surface area contributed by atoms with Crippen LogP contribution in [0.3, 0.4) is 0 Å². The summed E-state index contributed by atoms with van der Waals surface area (Å²) in [5.74, 6) is 1.15. The fourth-order valence-corrected chi connectivity index (χ4v) is 2.62. The lowest BCUT2D eigenvalue weighted by atomic mass is 9.99. The first-order chi connectivity index (χ1) is 10.1. The van der Waals surface area contributed by atoms with Gasteiger partial charge >= 0.3 is 0 Å². The van der Waals surface area contributed by atoms with Crippen molar-refractivity contribution in [1.82, 2.24) is 0 Å². The number of halogens is 1. The second-order valence-corrected chi connectivity index (χ2v) is 5.30. The Morgan fingerprint density at radius 2 is 1.90 bits per heavy atom. The Morgan fingerprint density at radius 1 is 1.14 bits per heavy atom. The maximum atomic E-state index is 10.5. The Balaban J connectivity index is 2.30. The third kappa shape index (κ3) is 3.49. The molecular weight excluding hydrogens is 288 g/mol. The molecule has 0 spiro atoms. The highest BCUT2D eigenvalue weighted by Gasteiger charge is 2.18. The van der Waals surface area contributed by atoms with Crippen molar-refractivity contribution in [1.29, 1.82) is 0 Å². The van der Waals surface area contributed by atoms with Crippen molar-refractivity contribution in [2.24, 2.45) is 0 Å². The van der Waals surface area contributed by atoms with Gasteiger partial charge in [-0.3, -0.25) is 0 Å². The summed E-state index contributed by atoms with van der Waals surface area (Å²) in [4.78, 5) is 0. The number of aliphatic hydroxyl groups excluding tert-OH is 1. The topological polar surface area (TPSA) is 38.7 Å². The van der Waals surface area contributed by atoms with Crippen LogP contribution in [0.2, 0.25) is 5.02 Å². The molecule has 1 N–H and O–H groups in total. The van der Waals surface area contributed by atoms with Crippen LogP contribution in [-0.2, 0) is 6.42 Å². The third-order valence-electron chi connectivity index (χ3n) is 3.41. The van der Waals surface area contributed by atoms with Crippen LogP contribution >= 0.6 is 11.6 Å². The smallest absolute Gasteiger partial charge is 0.166 e. The molecule has 1 atom stereocenters. The van der Waals surface area contributed by atoms with E-state index in [1.807, 2.05) is 37.3 Å². The van der Waals surface area contributed by atoms with Crippen molar-refractivity contribution >= 4 is 11.6 Å². The molecule has 1 unspecified atom stereocenters. The molecule has 0 bridgehead atoms. The fourth-order valence-electron chi connectivity index (χ4n) is 2.31. The van der Waals surface area contributed by atoms with Gasteiger partial charge in [0.25, 0.3) is 0 Å². The molecule has 2 aromatic rings. The van der Waals surface area contributed by atoms with E-state index >= 15 is 0 Å². The van der Waals surface area contributed by atoms with E-state index in [4.69, 9.17) is 21.1 Å². The first kappa shape index (κ1) is 15.7. The highest BCUT2D eigenvalue weighted by Crippen LogP contribution is 2.36. The van der Waals surface area contributed by atoms with Gasteiger partial charge in [-0.2, -0.15) is 0 Å². The van der Waals surface area contributed by atoms with Gasteiger partial charge in [0.2, 0.25) is 0 Å².